The molecule has 1 aliphatic heterocycles. The lowest BCUT2D eigenvalue weighted by Gasteiger charge is -2.16. The van der Waals surface area contributed by atoms with Crippen molar-refractivity contribution in [1.82, 2.24) is 5.32 Å². The van der Waals surface area contributed by atoms with E-state index in [1.807, 2.05) is 13.0 Å². The van der Waals surface area contributed by atoms with E-state index in [0.717, 1.165) is 25.5 Å². The molecule has 46 valence electrons. The van der Waals surface area contributed by atoms with Crippen molar-refractivity contribution in [2.75, 3.05) is 19.7 Å². The number of morpholine rings is 1. The van der Waals surface area contributed by atoms with Crippen LogP contribution in [0, 0.1) is 0 Å². The quantitative estimate of drug-likeness (QED) is 0.494. The van der Waals surface area contributed by atoms with Crippen molar-refractivity contribution >= 4 is 0 Å². The fraction of sp³-hybridized carbons (Fsp3) is 0.667. The first-order valence-corrected chi connectivity index (χ1v) is 2.92. The smallest absolute Gasteiger partial charge is 0.106 e. The summed E-state index contributed by atoms with van der Waals surface area (Å²) in [7, 11) is 0. The Hall–Kier alpha value is -0.500. The Morgan fingerprint density at radius 2 is 2.62 bits per heavy atom. The summed E-state index contributed by atoms with van der Waals surface area (Å²) < 4.78 is 5.23. The highest BCUT2D eigenvalue weighted by Gasteiger charge is 2.01. The Labute approximate surface area is 49.5 Å². The van der Waals surface area contributed by atoms with Crippen LogP contribution in [0.15, 0.2) is 11.8 Å². The number of hydrogen-bond donors (Lipinski definition) is 1. The highest BCUT2D eigenvalue weighted by Crippen LogP contribution is 1.97. The molecule has 1 fully saturated rings. The van der Waals surface area contributed by atoms with Crippen molar-refractivity contribution < 1.29 is 4.74 Å². The monoisotopic (exact) mass is 113 g/mol. The summed E-state index contributed by atoms with van der Waals surface area (Å²) in [6.45, 7) is 4.69. The van der Waals surface area contributed by atoms with E-state index in [2.05, 4.69) is 5.32 Å². The maximum absolute atomic E-state index is 5.23. The average Bonchev–Trinajstić information content (AvgIpc) is 1.90. The Morgan fingerprint density at radius 3 is 3.00 bits per heavy atom. The van der Waals surface area contributed by atoms with Gasteiger partial charge in [0.2, 0.25) is 0 Å². The molecule has 0 atom stereocenters. The molecular weight excluding hydrogens is 102 g/mol. The zero-order valence-corrected chi connectivity index (χ0v) is 5.11. The number of nitrogens with one attached hydrogen (secondary N) is 1. The van der Waals surface area contributed by atoms with Crippen molar-refractivity contribution in [2.24, 2.45) is 0 Å². The van der Waals surface area contributed by atoms with E-state index in [0.29, 0.717) is 0 Å². The Bertz CT molecular complexity index is 90.7. The molecule has 0 aliphatic carbocycles. The van der Waals surface area contributed by atoms with Crippen LogP contribution in [-0.2, 0) is 4.74 Å². The maximum atomic E-state index is 5.23. The van der Waals surface area contributed by atoms with Crippen LogP contribution in [0.5, 0.6) is 0 Å². The third-order valence-electron chi connectivity index (χ3n) is 1.19. The normalized spacial score (nSPS) is 25.4. The van der Waals surface area contributed by atoms with Crippen LogP contribution in [0.2, 0.25) is 0 Å². The van der Waals surface area contributed by atoms with Crippen LogP contribution in [-0.4, -0.2) is 19.7 Å². The Balaban J connectivity index is 2.33. The third kappa shape index (κ3) is 1.23. The van der Waals surface area contributed by atoms with Crippen LogP contribution in [0.3, 0.4) is 0 Å². The zero-order chi connectivity index (χ0) is 5.82. The number of rotatable bonds is 0. The predicted molar refractivity (Wildman–Crippen MR) is 32.6 cm³/mol. The minimum absolute atomic E-state index is 0.819. The van der Waals surface area contributed by atoms with E-state index in [-0.39, 0.29) is 0 Å². The van der Waals surface area contributed by atoms with Gasteiger partial charge in [-0.25, -0.2) is 0 Å². The fourth-order valence-corrected chi connectivity index (χ4v) is 0.702. The molecule has 0 spiro atoms. The van der Waals surface area contributed by atoms with Crippen LogP contribution < -0.4 is 5.32 Å². The number of hydrogen-bond acceptors (Lipinski definition) is 2. The summed E-state index contributed by atoms with van der Waals surface area (Å²) in [5.41, 5.74) is 0. The summed E-state index contributed by atoms with van der Waals surface area (Å²) in [6, 6.07) is 0. The van der Waals surface area contributed by atoms with E-state index in [1.54, 1.807) is 0 Å². The van der Waals surface area contributed by atoms with Crippen LogP contribution in [0.4, 0.5) is 0 Å². The van der Waals surface area contributed by atoms with Gasteiger partial charge in [0.05, 0.1) is 6.54 Å². The Kier molecular flexibility index (Phi) is 1.92. The summed E-state index contributed by atoms with van der Waals surface area (Å²) >= 11 is 0. The summed E-state index contributed by atoms with van der Waals surface area (Å²) in [4.78, 5) is 0. The summed E-state index contributed by atoms with van der Waals surface area (Å²) in [6.07, 6.45) is 1.99. The highest BCUT2D eigenvalue weighted by atomic mass is 16.5. The van der Waals surface area contributed by atoms with E-state index in [1.165, 1.54) is 0 Å². The van der Waals surface area contributed by atoms with Crippen molar-refractivity contribution in [2.45, 2.75) is 6.92 Å². The Morgan fingerprint density at radius 1 is 1.75 bits per heavy atom. The van der Waals surface area contributed by atoms with Gasteiger partial charge >= 0.3 is 0 Å². The molecule has 8 heavy (non-hydrogen) atoms. The SMILES string of the molecule is CC=C1CNCCO1. The molecule has 0 amide bonds. The van der Waals surface area contributed by atoms with Gasteiger partial charge < -0.3 is 10.1 Å². The van der Waals surface area contributed by atoms with E-state index in [4.69, 9.17) is 4.74 Å². The molecule has 1 saturated heterocycles. The van der Waals surface area contributed by atoms with Crippen molar-refractivity contribution in [3.8, 4) is 0 Å². The van der Waals surface area contributed by atoms with E-state index in [9.17, 15) is 0 Å². The van der Waals surface area contributed by atoms with Gasteiger partial charge in [0.25, 0.3) is 0 Å². The van der Waals surface area contributed by atoms with Crippen LogP contribution in [0.25, 0.3) is 0 Å². The standard InChI is InChI=1S/C6H11NO/c1-2-6-5-7-3-4-8-6/h2,7H,3-5H2,1H3. The van der Waals surface area contributed by atoms with Gasteiger partial charge in [-0.3, -0.25) is 0 Å². The minimum Gasteiger partial charge on any atom is -0.496 e. The number of ether oxygens (including phenoxy) is 1. The van der Waals surface area contributed by atoms with E-state index < -0.39 is 0 Å². The van der Waals surface area contributed by atoms with Crippen LogP contribution in [0.1, 0.15) is 6.92 Å². The first-order valence-electron chi connectivity index (χ1n) is 2.92. The zero-order valence-electron chi connectivity index (χ0n) is 5.11. The average molecular weight is 113 g/mol. The molecule has 0 aromatic rings. The van der Waals surface area contributed by atoms with Crippen molar-refractivity contribution in [3.05, 3.63) is 11.8 Å². The second-order valence-corrected chi connectivity index (χ2v) is 1.78. The van der Waals surface area contributed by atoms with Gasteiger partial charge in [0.15, 0.2) is 0 Å². The lowest BCUT2D eigenvalue weighted by molar-refractivity contribution is 0.177. The van der Waals surface area contributed by atoms with Gasteiger partial charge in [-0.15, -0.1) is 0 Å². The summed E-state index contributed by atoms with van der Waals surface area (Å²) in [5, 5.41) is 3.19. The molecule has 1 N–H and O–H groups in total. The molecule has 0 unspecified atom stereocenters. The number of allylic oxidation sites excluding steroid dienone is 1. The molecule has 0 saturated carbocycles. The van der Waals surface area contributed by atoms with Crippen molar-refractivity contribution in [3.63, 3.8) is 0 Å². The van der Waals surface area contributed by atoms with Crippen molar-refractivity contribution in [1.29, 1.82) is 0 Å². The van der Waals surface area contributed by atoms with Crippen LogP contribution >= 0.6 is 0 Å². The van der Waals surface area contributed by atoms with Gasteiger partial charge in [-0.05, 0) is 13.0 Å². The molecule has 1 rings (SSSR count). The maximum Gasteiger partial charge on any atom is 0.106 e. The van der Waals surface area contributed by atoms with Gasteiger partial charge in [-0.2, -0.15) is 0 Å². The lowest BCUT2D eigenvalue weighted by Crippen LogP contribution is -2.28. The fourth-order valence-electron chi connectivity index (χ4n) is 0.702. The van der Waals surface area contributed by atoms with E-state index >= 15 is 0 Å². The molecule has 1 heterocycles. The molecule has 0 bridgehead atoms. The third-order valence-corrected chi connectivity index (χ3v) is 1.19. The highest BCUT2D eigenvalue weighted by molar-refractivity contribution is 4.94. The second-order valence-electron chi connectivity index (χ2n) is 1.78. The molecule has 2 nitrogen and oxygen atoms in total. The molecule has 0 aromatic heterocycles. The van der Waals surface area contributed by atoms with Gasteiger partial charge in [-0.1, -0.05) is 0 Å². The predicted octanol–water partition coefficient (Wildman–Crippen LogP) is 0.510. The minimum atomic E-state index is 0.819. The molecule has 1 aliphatic rings. The molecular formula is C6H11NO. The second kappa shape index (κ2) is 2.72. The molecule has 0 radical (unpaired) electrons. The largest absolute Gasteiger partial charge is 0.496 e. The first-order chi connectivity index (χ1) is 3.93. The first kappa shape index (κ1) is 5.63. The molecule has 0 aromatic carbocycles. The summed E-state index contributed by atoms with van der Waals surface area (Å²) in [5.74, 6) is 1.07. The topological polar surface area (TPSA) is 21.3 Å². The lowest BCUT2D eigenvalue weighted by atomic mass is 10.4. The van der Waals surface area contributed by atoms with Gasteiger partial charge in [0, 0.05) is 6.54 Å². The molecule has 2 heteroatoms. The van der Waals surface area contributed by atoms with Gasteiger partial charge in [0.1, 0.15) is 12.4 Å².